The Morgan fingerprint density at radius 2 is 1.78 bits per heavy atom. The molecule has 3 N–H and O–H groups in total. The first-order valence-corrected chi connectivity index (χ1v) is 8.74. The van der Waals surface area contributed by atoms with Gasteiger partial charge in [-0.3, -0.25) is 9.59 Å². The zero-order chi connectivity index (χ0) is 19.6. The SMILES string of the molecule is CCCOc1ccccc1NC(=O)CNc1cc(NC(C)=O)ccc1OC. The lowest BCUT2D eigenvalue weighted by atomic mass is 10.2. The molecule has 0 bridgehead atoms. The summed E-state index contributed by atoms with van der Waals surface area (Å²) in [5.41, 5.74) is 1.84. The van der Waals surface area contributed by atoms with Crippen LogP contribution < -0.4 is 25.4 Å². The maximum absolute atomic E-state index is 12.3. The molecule has 2 aromatic carbocycles. The van der Waals surface area contributed by atoms with E-state index in [0.29, 0.717) is 35.2 Å². The highest BCUT2D eigenvalue weighted by atomic mass is 16.5. The van der Waals surface area contributed by atoms with Crippen LogP contribution in [0.4, 0.5) is 17.1 Å². The molecule has 2 amide bonds. The summed E-state index contributed by atoms with van der Waals surface area (Å²) in [6.07, 6.45) is 0.883. The Morgan fingerprint density at radius 3 is 2.48 bits per heavy atom. The van der Waals surface area contributed by atoms with Crippen LogP contribution in [0.2, 0.25) is 0 Å². The molecule has 0 aliphatic rings. The van der Waals surface area contributed by atoms with Crippen molar-refractivity contribution in [1.82, 2.24) is 0 Å². The van der Waals surface area contributed by atoms with Crippen LogP contribution >= 0.6 is 0 Å². The molecule has 2 rings (SSSR count). The second-order valence-corrected chi connectivity index (χ2v) is 5.84. The van der Waals surface area contributed by atoms with Crippen LogP contribution in [0.15, 0.2) is 42.5 Å². The van der Waals surface area contributed by atoms with Crippen LogP contribution in [0.25, 0.3) is 0 Å². The summed E-state index contributed by atoms with van der Waals surface area (Å²) < 4.78 is 10.9. The first-order valence-electron chi connectivity index (χ1n) is 8.74. The molecule has 0 aliphatic carbocycles. The molecule has 27 heavy (non-hydrogen) atoms. The lowest BCUT2D eigenvalue weighted by molar-refractivity contribution is -0.115. The summed E-state index contributed by atoms with van der Waals surface area (Å²) in [4.78, 5) is 23.6. The van der Waals surface area contributed by atoms with Crippen molar-refractivity contribution in [3.63, 3.8) is 0 Å². The Balaban J connectivity index is 2.02. The molecule has 144 valence electrons. The molecular weight excluding hydrogens is 346 g/mol. The third-order valence-corrected chi connectivity index (χ3v) is 3.58. The normalized spacial score (nSPS) is 10.0. The Kier molecular flexibility index (Phi) is 7.49. The molecule has 0 heterocycles. The summed E-state index contributed by atoms with van der Waals surface area (Å²) >= 11 is 0. The second kappa shape index (κ2) is 10.1. The van der Waals surface area contributed by atoms with Gasteiger partial charge in [0.1, 0.15) is 11.5 Å². The number of carbonyl (C=O) groups excluding carboxylic acids is 2. The molecule has 0 fully saturated rings. The Bertz CT molecular complexity index is 793. The molecule has 0 aromatic heterocycles. The molecule has 7 nitrogen and oxygen atoms in total. The van der Waals surface area contributed by atoms with Gasteiger partial charge in [-0.05, 0) is 36.8 Å². The zero-order valence-electron chi connectivity index (χ0n) is 15.8. The molecule has 2 aromatic rings. The summed E-state index contributed by atoms with van der Waals surface area (Å²) in [5, 5.41) is 8.57. The summed E-state index contributed by atoms with van der Waals surface area (Å²) in [6, 6.07) is 12.5. The van der Waals surface area contributed by atoms with E-state index in [4.69, 9.17) is 9.47 Å². The summed E-state index contributed by atoms with van der Waals surface area (Å²) in [6.45, 7) is 4.07. The maximum Gasteiger partial charge on any atom is 0.243 e. The highest BCUT2D eigenvalue weighted by molar-refractivity contribution is 5.95. The monoisotopic (exact) mass is 371 g/mol. The van der Waals surface area contributed by atoms with E-state index >= 15 is 0 Å². The van der Waals surface area contributed by atoms with Gasteiger partial charge in [0.15, 0.2) is 0 Å². The molecule has 0 unspecified atom stereocenters. The van der Waals surface area contributed by atoms with E-state index in [9.17, 15) is 9.59 Å². The Hall–Kier alpha value is -3.22. The fourth-order valence-electron chi connectivity index (χ4n) is 2.40. The fraction of sp³-hybridized carbons (Fsp3) is 0.300. The number of nitrogens with one attached hydrogen (secondary N) is 3. The summed E-state index contributed by atoms with van der Waals surface area (Å²) in [7, 11) is 1.54. The van der Waals surface area contributed by atoms with E-state index in [2.05, 4.69) is 16.0 Å². The van der Waals surface area contributed by atoms with Gasteiger partial charge in [0, 0.05) is 12.6 Å². The number of carbonyl (C=O) groups is 2. The number of methoxy groups -OCH3 is 1. The minimum atomic E-state index is -0.227. The maximum atomic E-state index is 12.3. The first kappa shape index (κ1) is 20.1. The van der Waals surface area contributed by atoms with Crippen LogP contribution in [0, 0.1) is 0 Å². The average Bonchev–Trinajstić information content (AvgIpc) is 2.65. The van der Waals surface area contributed by atoms with Gasteiger partial charge in [-0.15, -0.1) is 0 Å². The van der Waals surface area contributed by atoms with Gasteiger partial charge in [0.25, 0.3) is 0 Å². The van der Waals surface area contributed by atoms with Gasteiger partial charge < -0.3 is 25.4 Å². The predicted octanol–water partition coefficient (Wildman–Crippen LogP) is 3.49. The van der Waals surface area contributed by atoms with Crippen molar-refractivity contribution in [2.75, 3.05) is 36.2 Å². The topological polar surface area (TPSA) is 88.7 Å². The van der Waals surface area contributed by atoms with Gasteiger partial charge in [-0.1, -0.05) is 19.1 Å². The number of ether oxygens (including phenoxy) is 2. The van der Waals surface area contributed by atoms with Crippen molar-refractivity contribution >= 4 is 28.9 Å². The summed E-state index contributed by atoms with van der Waals surface area (Å²) in [5.74, 6) is 0.809. The lowest BCUT2D eigenvalue weighted by Crippen LogP contribution is -2.22. The van der Waals surface area contributed by atoms with Crippen LogP contribution in [-0.4, -0.2) is 32.1 Å². The van der Waals surface area contributed by atoms with Crippen molar-refractivity contribution in [3.8, 4) is 11.5 Å². The van der Waals surface area contributed by atoms with Crippen LogP contribution in [0.5, 0.6) is 11.5 Å². The molecular formula is C20H25N3O4. The van der Waals surface area contributed by atoms with E-state index in [1.54, 1.807) is 31.4 Å². The molecule has 0 atom stereocenters. The van der Waals surface area contributed by atoms with E-state index in [1.165, 1.54) is 6.92 Å². The standard InChI is InChI=1S/C20H25N3O4/c1-4-11-27-19-8-6-5-7-16(19)23-20(25)13-21-17-12-15(22-14(2)24)9-10-18(17)26-3/h5-10,12,21H,4,11,13H2,1-3H3,(H,22,24)(H,23,25). The minimum absolute atomic E-state index is 0.0298. The molecule has 0 saturated carbocycles. The van der Waals surface area contributed by atoms with E-state index in [0.717, 1.165) is 6.42 Å². The largest absolute Gasteiger partial charge is 0.495 e. The number of para-hydroxylation sites is 2. The van der Waals surface area contributed by atoms with Crippen molar-refractivity contribution in [1.29, 1.82) is 0 Å². The Morgan fingerprint density at radius 1 is 1.00 bits per heavy atom. The number of benzene rings is 2. The number of rotatable bonds is 9. The van der Waals surface area contributed by atoms with Crippen molar-refractivity contribution in [2.24, 2.45) is 0 Å². The van der Waals surface area contributed by atoms with Gasteiger partial charge in [0.05, 0.1) is 31.6 Å². The van der Waals surface area contributed by atoms with Crippen molar-refractivity contribution in [3.05, 3.63) is 42.5 Å². The zero-order valence-corrected chi connectivity index (χ0v) is 15.8. The Labute approximate surface area is 159 Å². The molecule has 0 spiro atoms. The first-order chi connectivity index (χ1) is 13.0. The fourth-order valence-corrected chi connectivity index (χ4v) is 2.40. The van der Waals surface area contributed by atoms with E-state index < -0.39 is 0 Å². The van der Waals surface area contributed by atoms with Gasteiger partial charge >= 0.3 is 0 Å². The number of hydrogen-bond acceptors (Lipinski definition) is 5. The highest BCUT2D eigenvalue weighted by Gasteiger charge is 2.10. The number of anilines is 3. The lowest BCUT2D eigenvalue weighted by Gasteiger charge is -2.14. The average molecular weight is 371 g/mol. The van der Waals surface area contributed by atoms with Crippen molar-refractivity contribution < 1.29 is 19.1 Å². The van der Waals surface area contributed by atoms with Crippen LogP contribution in [0.1, 0.15) is 20.3 Å². The van der Waals surface area contributed by atoms with E-state index in [1.807, 2.05) is 25.1 Å². The molecule has 7 heteroatoms. The van der Waals surface area contributed by atoms with Crippen LogP contribution in [0.3, 0.4) is 0 Å². The highest BCUT2D eigenvalue weighted by Crippen LogP contribution is 2.28. The smallest absolute Gasteiger partial charge is 0.243 e. The third-order valence-electron chi connectivity index (χ3n) is 3.58. The van der Waals surface area contributed by atoms with Gasteiger partial charge in [0.2, 0.25) is 11.8 Å². The molecule has 0 saturated heterocycles. The van der Waals surface area contributed by atoms with Gasteiger partial charge in [-0.25, -0.2) is 0 Å². The third kappa shape index (κ3) is 6.22. The van der Waals surface area contributed by atoms with Crippen molar-refractivity contribution in [2.45, 2.75) is 20.3 Å². The quantitative estimate of drug-likeness (QED) is 0.628. The molecule has 0 radical (unpaired) electrons. The minimum Gasteiger partial charge on any atom is -0.495 e. The second-order valence-electron chi connectivity index (χ2n) is 5.84. The van der Waals surface area contributed by atoms with Gasteiger partial charge in [-0.2, -0.15) is 0 Å². The number of amides is 2. The van der Waals surface area contributed by atoms with E-state index in [-0.39, 0.29) is 18.4 Å². The molecule has 0 aliphatic heterocycles. The van der Waals surface area contributed by atoms with Crippen LogP contribution in [-0.2, 0) is 9.59 Å². The number of hydrogen-bond donors (Lipinski definition) is 3. The predicted molar refractivity (Wildman–Crippen MR) is 107 cm³/mol.